The van der Waals surface area contributed by atoms with E-state index in [1.54, 1.807) is 6.07 Å². The number of hydrogen-bond donors (Lipinski definition) is 2. The fourth-order valence-corrected chi connectivity index (χ4v) is 3.32. The molecular weight excluding hydrogens is 322 g/mol. The number of aliphatic hydroxyl groups is 1. The molecule has 1 aliphatic heterocycles. The van der Waals surface area contributed by atoms with Crippen molar-refractivity contribution in [3.05, 3.63) is 40.2 Å². The zero-order chi connectivity index (χ0) is 18.0. The summed E-state index contributed by atoms with van der Waals surface area (Å²) in [6, 6.07) is 1.62. The highest BCUT2D eigenvalue weighted by Crippen LogP contribution is 2.27. The van der Waals surface area contributed by atoms with E-state index in [9.17, 15) is 15.0 Å². The molecule has 0 unspecified atom stereocenters. The van der Waals surface area contributed by atoms with Crippen LogP contribution in [0.3, 0.4) is 0 Å². The molecule has 0 bridgehead atoms. The molecule has 134 valence electrons. The van der Waals surface area contributed by atoms with Crippen molar-refractivity contribution in [2.24, 2.45) is 0 Å². The van der Waals surface area contributed by atoms with Gasteiger partial charge in [-0.2, -0.15) is 0 Å². The number of oxazole rings is 1. The van der Waals surface area contributed by atoms with Gasteiger partial charge in [0.05, 0.1) is 12.1 Å². The summed E-state index contributed by atoms with van der Waals surface area (Å²) in [4.78, 5) is 22.9. The Balaban J connectivity index is 2.00. The third kappa shape index (κ3) is 3.51. The van der Waals surface area contributed by atoms with Crippen LogP contribution in [-0.4, -0.2) is 39.3 Å². The smallest absolute Gasteiger partial charge is 0.336 e. The maximum atomic E-state index is 11.7. The minimum absolute atomic E-state index is 0.0939. The molecule has 0 saturated carbocycles. The summed E-state index contributed by atoms with van der Waals surface area (Å²) in [6.07, 6.45) is 2.57. The van der Waals surface area contributed by atoms with Crippen LogP contribution in [0.25, 0.3) is 0 Å². The average molecular weight is 345 g/mol. The number of carboxylic acid groups (broad SMARTS) is 1. The van der Waals surface area contributed by atoms with Crippen LogP contribution in [0.2, 0.25) is 0 Å². The maximum absolute atomic E-state index is 11.7. The van der Waals surface area contributed by atoms with Crippen molar-refractivity contribution in [1.29, 1.82) is 0 Å². The van der Waals surface area contributed by atoms with Gasteiger partial charge in [0.1, 0.15) is 17.3 Å². The van der Waals surface area contributed by atoms with Crippen molar-refractivity contribution in [2.75, 3.05) is 18.1 Å². The van der Waals surface area contributed by atoms with Crippen molar-refractivity contribution in [1.82, 2.24) is 9.97 Å². The van der Waals surface area contributed by atoms with Crippen LogP contribution < -0.4 is 4.90 Å². The lowest BCUT2D eigenvalue weighted by Crippen LogP contribution is -2.31. The third-order valence-corrected chi connectivity index (χ3v) is 4.43. The number of rotatable bonds is 6. The van der Waals surface area contributed by atoms with E-state index in [0.717, 1.165) is 30.0 Å². The Morgan fingerprint density at radius 3 is 2.84 bits per heavy atom. The van der Waals surface area contributed by atoms with Crippen LogP contribution in [0.15, 0.2) is 10.5 Å². The summed E-state index contributed by atoms with van der Waals surface area (Å²) in [5, 5.41) is 18.9. The van der Waals surface area contributed by atoms with Gasteiger partial charge in [-0.15, -0.1) is 0 Å². The van der Waals surface area contributed by atoms with E-state index in [4.69, 9.17) is 9.40 Å². The van der Waals surface area contributed by atoms with Crippen LogP contribution in [-0.2, 0) is 25.8 Å². The highest BCUT2D eigenvalue weighted by Gasteiger charge is 2.25. The molecule has 25 heavy (non-hydrogen) atoms. The number of fused-ring (bicyclic) bond motifs is 1. The van der Waals surface area contributed by atoms with Crippen LogP contribution in [0.4, 0.5) is 5.82 Å². The predicted molar refractivity (Wildman–Crippen MR) is 92.0 cm³/mol. The number of aryl methyl sites for hydroxylation is 2. The summed E-state index contributed by atoms with van der Waals surface area (Å²) in [5.74, 6) is 1.21. The first kappa shape index (κ1) is 17.4. The van der Waals surface area contributed by atoms with Crippen molar-refractivity contribution in [3.8, 4) is 0 Å². The molecule has 2 aromatic heterocycles. The van der Waals surface area contributed by atoms with E-state index in [1.807, 2.05) is 18.7 Å². The van der Waals surface area contributed by atoms with Crippen molar-refractivity contribution >= 4 is 11.8 Å². The van der Waals surface area contributed by atoms with Gasteiger partial charge in [0.25, 0.3) is 0 Å². The highest BCUT2D eigenvalue weighted by molar-refractivity contribution is 5.90. The molecule has 7 heteroatoms. The first-order chi connectivity index (χ1) is 12.0. The zero-order valence-electron chi connectivity index (χ0n) is 14.6. The average Bonchev–Trinajstić information content (AvgIpc) is 2.95. The molecule has 0 spiro atoms. The number of carboxylic acids is 1. The van der Waals surface area contributed by atoms with E-state index >= 15 is 0 Å². The van der Waals surface area contributed by atoms with Gasteiger partial charge >= 0.3 is 5.97 Å². The second kappa shape index (κ2) is 7.23. The lowest BCUT2D eigenvalue weighted by atomic mass is 10.00. The Kier molecular flexibility index (Phi) is 5.03. The van der Waals surface area contributed by atoms with Gasteiger partial charge in [0.2, 0.25) is 0 Å². The van der Waals surface area contributed by atoms with Crippen LogP contribution in [0, 0.1) is 6.92 Å². The fraction of sp³-hybridized carbons (Fsp3) is 0.500. The van der Waals surface area contributed by atoms with Crippen molar-refractivity contribution in [3.63, 3.8) is 0 Å². The summed E-state index contributed by atoms with van der Waals surface area (Å²) in [6.45, 7) is 5.03. The second-order valence-electron chi connectivity index (χ2n) is 6.26. The summed E-state index contributed by atoms with van der Waals surface area (Å²) in [5.41, 5.74) is 2.51. The van der Waals surface area contributed by atoms with Gasteiger partial charge in [0.15, 0.2) is 5.89 Å². The maximum Gasteiger partial charge on any atom is 0.336 e. The number of aliphatic hydroxyl groups excluding tert-OH is 1. The second-order valence-corrected chi connectivity index (χ2v) is 6.26. The quantitative estimate of drug-likeness (QED) is 0.827. The monoisotopic (exact) mass is 345 g/mol. The number of aromatic nitrogens is 2. The molecule has 2 aromatic rings. The van der Waals surface area contributed by atoms with Gasteiger partial charge in [-0.05, 0) is 24.5 Å². The summed E-state index contributed by atoms with van der Waals surface area (Å²) < 4.78 is 5.59. The Morgan fingerprint density at radius 2 is 2.16 bits per heavy atom. The fourth-order valence-electron chi connectivity index (χ4n) is 3.32. The van der Waals surface area contributed by atoms with Crippen molar-refractivity contribution < 1.29 is 19.4 Å². The van der Waals surface area contributed by atoms with Crippen LogP contribution in [0.1, 0.15) is 52.3 Å². The molecule has 1 aliphatic rings. The standard InChI is InChI=1S/C18H23N3O4/c1-3-4-14-12(6-8-22)13(18(23)24)9-17(20-14)21-7-5-16-15(10-21)19-11(2)25-16/h9,22H,3-8,10H2,1-2H3,(H,23,24). The molecule has 2 N–H and O–H groups in total. The number of carbonyl (C=O) groups is 1. The lowest BCUT2D eigenvalue weighted by Gasteiger charge is -2.27. The molecule has 0 fully saturated rings. The van der Waals surface area contributed by atoms with E-state index in [-0.39, 0.29) is 12.2 Å². The minimum Gasteiger partial charge on any atom is -0.478 e. The van der Waals surface area contributed by atoms with Crippen LogP contribution in [0.5, 0.6) is 0 Å². The first-order valence-corrected chi connectivity index (χ1v) is 8.60. The highest BCUT2D eigenvalue weighted by atomic mass is 16.4. The first-order valence-electron chi connectivity index (χ1n) is 8.60. The molecule has 0 amide bonds. The van der Waals surface area contributed by atoms with Gasteiger partial charge < -0.3 is 19.5 Å². The molecule has 7 nitrogen and oxygen atoms in total. The molecule has 0 aliphatic carbocycles. The SMILES string of the molecule is CCCc1nc(N2CCc3oc(C)nc3C2)cc(C(=O)O)c1CCO. The predicted octanol–water partition coefficient (Wildman–Crippen LogP) is 2.13. The topological polar surface area (TPSA) is 99.7 Å². The normalized spacial score (nSPS) is 13.8. The van der Waals surface area contributed by atoms with E-state index in [2.05, 4.69) is 4.98 Å². The summed E-state index contributed by atoms with van der Waals surface area (Å²) in [7, 11) is 0. The minimum atomic E-state index is -0.987. The number of aromatic carboxylic acids is 1. The Labute approximate surface area is 146 Å². The number of anilines is 1. The molecule has 3 rings (SSSR count). The third-order valence-electron chi connectivity index (χ3n) is 4.43. The number of hydrogen-bond acceptors (Lipinski definition) is 6. The van der Waals surface area contributed by atoms with E-state index in [0.29, 0.717) is 43.2 Å². The van der Waals surface area contributed by atoms with Gasteiger partial charge in [-0.1, -0.05) is 13.3 Å². The van der Waals surface area contributed by atoms with Gasteiger partial charge in [0, 0.05) is 32.2 Å². The largest absolute Gasteiger partial charge is 0.478 e. The zero-order valence-corrected chi connectivity index (χ0v) is 14.6. The molecular formula is C18H23N3O4. The molecule has 3 heterocycles. The number of pyridine rings is 1. The summed E-state index contributed by atoms with van der Waals surface area (Å²) >= 11 is 0. The van der Waals surface area contributed by atoms with E-state index < -0.39 is 5.97 Å². The Morgan fingerprint density at radius 1 is 1.36 bits per heavy atom. The van der Waals surface area contributed by atoms with Crippen LogP contribution >= 0.6 is 0 Å². The molecule has 0 aromatic carbocycles. The Hall–Kier alpha value is -2.41. The lowest BCUT2D eigenvalue weighted by molar-refractivity contribution is 0.0695. The van der Waals surface area contributed by atoms with Gasteiger partial charge in [-0.3, -0.25) is 0 Å². The number of nitrogens with zero attached hydrogens (tertiary/aromatic N) is 3. The molecule has 0 radical (unpaired) electrons. The molecule has 0 atom stereocenters. The van der Waals surface area contributed by atoms with E-state index in [1.165, 1.54) is 0 Å². The molecule has 0 saturated heterocycles. The Bertz CT molecular complexity index is 785. The van der Waals surface area contributed by atoms with Gasteiger partial charge in [-0.25, -0.2) is 14.8 Å². The van der Waals surface area contributed by atoms with Crippen molar-refractivity contribution in [2.45, 2.75) is 46.1 Å².